The van der Waals surface area contributed by atoms with Gasteiger partial charge in [0, 0.05) is 12.2 Å². The van der Waals surface area contributed by atoms with Gasteiger partial charge in [-0.25, -0.2) is 0 Å². The van der Waals surface area contributed by atoms with E-state index in [1.54, 1.807) is 6.07 Å². The van der Waals surface area contributed by atoms with Crippen molar-refractivity contribution in [3.63, 3.8) is 0 Å². The van der Waals surface area contributed by atoms with Crippen LogP contribution in [0.4, 0.5) is 5.69 Å². The molecule has 0 atom stereocenters. The van der Waals surface area contributed by atoms with E-state index in [1.807, 2.05) is 19.1 Å². The van der Waals surface area contributed by atoms with Crippen LogP contribution in [0.5, 0.6) is 0 Å². The number of anilines is 1. The van der Waals surface area contributed by atoms with E-state index in [0.717, 1.165) is 5.56 Å². The Morgan fingerprint density at radius 3 is 2.73 bits per heavy atom. The first kappa shape index (κ1) is 11.6. The number of amides is 1. The molecule has 0 aliphatic heterocycles. The number of nitrogen functional groups attached to an aromatic ring is 1. The van der Waals surface area contributed by atoms with Crippen LogP contribution in [0.3, 0.4) is 0 Å². The van der Waals surface area contributed by atoms with Gasteiger partial charge >= 0.3 is 0 Å². The highest BCUT2D eigenvalue weighted by Gasteiger charge is 2.09. The lowest BCUT2D eigenvalue weighted by atomic mass is 10.1. The quantitative estimate of drug-likeness (QED) is 0.743. The Hall–Kier alpha value is -1.51. The van der Waals surface area contributed by atoms with Gasteiger partial charge in [0.15, 0.2) is 0 Å². The molecule has 0 aromatic heterocycles. The predicted molar refractivity (Wildman–Crippen MR) is 62.8 cm³/mol. The van der Waals surface area contributed by atoms with Crippen molar-refractivity contribution in [3.8, 4) is 0 Å². The van der Waals surface area contributed by atoms with Crippen molar-refractivity contribution >= 4 is 11.6 Å². The Morgan fingerprint density at radius 1 is 1.47 bits per heavy atom. The lowest BCUT2D eigenvalue weighted by molar-refractivity contribution is 0.0950. The van der Waals surface area contributed by atoms with E-state index in [2.05, 4.69) is 19.2 Å². The van der Waals surface area contributed by atoms with Crippen molar-refractivity contribution in [1.29, 1.82) is 0 Å². The molecule has 1 rings (SSSR count). The first-order valence-electron chi connectivity index (χ1n) is 5.15. The van der Waals surface area contributed by atoms with Crippen LogP contribution in [0, 0.1) is 12.8 Å². The molecular weight excluding hydrogens is 188 g/mol. The zero-order valence-electron chi connectivity index (χ0n) is 9.50. The highest BCUT2D eigenvalue weighted by molar-refractivity contribution is 5.99. The first-order chi connectivity index (χ1) is 7.00. The smallest absolute Gasteiger partial charge is 0.253 e. The highest BCUT2D eigenvalue weighted by atomic mass is 16.1. The fraction of sp³-hybridized carbons (Fsp3) is 0.417. The van der Waals surface area contributed by atoms with Gasteiger partial charge in [-0.05, 0) is 25.0 Å². The maximum absolute atomic E-state index is 11.7. The molecule has 0 bridgehead atoms. The van der Waals surface area contributed by atoms with Gasteiger partial charge in [0.2, 0.25) is 0 Å². The molecule has 1 aromatic carbocycles. The molecule has 15 heavy (non-hydrogen) atoms. The molecule has 0 aliphatic carbocycles. The maximum Gasteiger partial charge on any atom is 0.253 e. The van der Waals surface area contributed by atoms with Gasteiger partial charge in [-0.15, -0.1) is 0 Å². The first-order valence-corrected chi connectivity index (χ1v) is 5.15. The Kier molecular flexibility index (Phi) is 3.72. The minimum atomic E-state index is -0.0927. The summed E-state index contributed by atoms with van der Waals surface area (Å²) in [6.45, 7) is 6.73. The largest absolute Gasteiger partial charge is 0.398 e. The summed E-state index contributed by atoms with van der Waals surface area (Å²) in [4.78, 5) is 11.7. The standard InChI is InChI=1S/C12H18N2O/c1-8(2)7-14-12(15)10-6-9(3)4-5-11(10)13/h4-6,8H,7,13H2,1-3H3,(H,14,15). The molecule has 3 nitrogen and oxygen atoms in total. The molecule has 0 saturated carbocycles. The van der Waals surface area contributed by atoms with Crippen LogP contribution in [-0.2, 0) is 0 Å². The molecule has 0 saturated heterocycles. The zero-order chi connectivity index (χ0) is 11.4. The van der Waals surface area contributed by atoms with E-state index in [4.69, 9.17) is 5.73 Å². The van der Waals surface area contributed by atoms with Gasteiger partial charge in [0.1, 0.15) is 0 Å². The molecule has 0 heterocycles. The van der Waals surface area contributed by atoms with Crippen molar-refractivity contribution in [3.05, 3.63) is 29.3 Å². The van der Waals surface area contributed by atoms with Crippen molar-refractivity contribution in [2.75, 3.05) is 12.3 Å². The van der Waals surface area contributed by atoms with Crippen LogP contribution in [0.25, 0.3) is 0 Å². The maximum atomic E-state index is 11.7. The number of hydrogen-bond acceptors (Lipinski definition) is 2. The van der Waals surface area contributed by atoms with Crippen LogP contribution in [-0.4, -0.2) is 12.5 Å². The van der Waals surface area contributed by atoms with E-state index < -0.39 is 0 Å². The summed E-state index contributed by atoms with van der Waals surface area (Å²) in [5.41, 5.74) is 7.87. The van der Waals surface area contributed by atoms with E-state index in [-0.39, 0.29) is 5.91 Å². The van der Waals surface area contributed by atoms with Gasteiger partial charge < -0.3 is 11.1 Å². The number of benzene rings is 1. The molecule has 0 spiro atoms. The Balaban J connectivity index is 2.77. The Morgan fingerprint density at radius 2 is 2.13 bits per heavy atom. The molecule has 3 heteroatoms. The second-order valence-electron chi connectivity index (χ2n) is 4.19. The minimum Gasteiger partial charge on any atom is -0.398 e. The summed E-state index contributed by atoms with van der Waals surface area (Å²) in [6, 6.07) is 5.47. The van der Waals surface area contributed by atoms with Crippen molar-refractivity contribution < 1.29 is 4.79 Å². The van der Waals surface area contributed by atoms with Crippen LogP contribution in [0.1, 0.15) is 29.8 Å². The third kappa shape index (κ3) is 3.27. The summed E-state index contributed by atoms with van der Waals surface area (Å²) >= 11 is 0. The number of nitrogens with two attached hydrogens (primary N) is 1. The summed E-state index contributed by atoms with van der Waals surface area (Å²) in [5.74, 6) is 0.352. The van der Waals surface area contributed by atoms with Crippen LogP contribution in [0.15, 0.2) is 18.2 Å². The van der Waals surface area contributed by atoms with E-state index in [0.29, 0.717) is 23.7 Å². The lowest BCUT2D eigenvalue weighted by Crippen LogP contribution is -2.28. The molecule has 1 amide bonds. The number of rotatable bonds is 3. The summed E-state index contributed by atoms with van der Waals surface area (Å²) in [7, 11) is 0. The molecule has 3 N–H and O–H groups in total. The normalized spacial score (nSPS) is 10.4. The molecule has 0 fully saturated rings. The number of aryl methyl sites for hydroxylation is 1. The second-order valence-corrected chi connectivity index (χ2v) is 4.19. The van der Waals surface area contributed by atoms with Crippen molar-refractivity contribution in [2.45, 2.75) is 20.8 Å². The molecule has 0 radical (unpaired) electrons. The summed E-state index contributed by atoms with van der Waals surface area (Å²) < 4.78 is 0. The number of nitrogens with one attached hydrogen (secondary N) is 1. The van der Waals surface area contributed by atoms with Crippen molar-refractivity contribution in [2.24, 2.45) is 5.92 Å². The lowest BCUT2D eigenvalue weighted by Gasteiger charge is -2.09. The van der Waals surface area contributed by atoms with E-state index >= 15 is 0 Å². The van der Waals surface area contributed by atoms with Gasteiger partial charge in [-0.2, -0.15) is 0 Å². The van der Waals surface area contributed by atoms with Crippen LogP contribution >= 0.6 is 0 Å². The molecule has 82 valence electrons. The van der Waals surface area contributed by atoms with Crippen LogP contribution in [0.2, 0.25) is 0 Å². The molecule has 1 aromatic rings. The fourth-order valence-electron chi connectivity index (χ4n) is 1.26. The number of carbonyl (C=O) groups excluding carboxylic acids is 1. The van der Waals surface area contributed by atoms with E-state index in [1.165, 1.54) is 0 Å². The van der Waals surface area contributed by atoms with Crippen LogP contribution < -0.4 is 11.1 Å². The van der Waals surface area contributed by atoms with E-state index in [9.17, 15) is 4.79 Å². The van der Waals surface area contributed by atoms with Gasteiger partial charge in [-0.3, -0.25) is 4.79 Å². The molecular formula is C12H18N2O. The molecule has 0 unspecified atom stereocenters. The summed E-state index contributed by atoms with van der Waals surface area (Å²) in [6.07, 6.45) is 0. The topological polar surface area (TPSA) is 55.1 Å². The Labute approximate surface area is 90.7 Å². The Bertz CT molecular complexity index is 359. The monoisotopic (exact) mass is 206 g/mol. The average Bonchev–Trinajstić information content (AvgIpc) is 2.18. The van der Waals surface area contributed by atoms with Gasteiger partial charge in [0.25, 0.3) is 5.91 Å². The SMILES string of the molecule is Cc1ccc(N)c(C(=O)NCC(C)C)c1. The fourth-order valence-corrected chi connectivity index (χ4v) is 1.26. The predicted octanol–water partition coefficient (Wildman–Crippen LogP) is 1.96. The summed E-state index contributed by atoms with van der Waals surface area (Å²) in [5, 5.41) is 2.85. The minimum absolute atomic E-state index is 0.0927. The highest BCUT2D eigenvalue weighted by Crippen LogP contribution is 2.13. The third-order valence-corrected chi connectivity index (χ3v) is 2.12. The average molecular weight is 206 g/mol. The van der Waals surface area contributed by atoms with Gasteiger partial charge in [0.05, 0.1) is 5.56 Å². The van der Waals surface area contributed by atoms with Crippen molar-refractivity contribution in [1.82, 2.24) is 5.32 Å². The number of hydrogen-bond donors (Lipinski definition) is 2. The molecule has 0 aliphatic rings. The zero-order valence-corrected chi connectivity index (χ0v) is 9.50. The number of carbonyl (C=O) groups is 1. The second kappa shape index (κ2) is 4.82. The third-order valence-electron chi connectivity index (χ3n) is 2.12. The van der Waals surface area contributed by atoms with Gasteiger partial charge in [-0.1, -0.05) is 25.5 Å².